The van der Waals surface area contributed by atoms with E-state index in [1.807, 2.05) is 13.0 Å². The second-order valence-corrected chi connectivity index (χ2v) is 5.67. The normalized spacial score (nSPS) is 10.6. The second kappa shape index (κ2) is 8.37. The minimum absolute atomic E-state index is 0.00644. The monoisotopic (exact) mass is 368 g/mol. The van der Waals surface area contributed by atoms with E-state index in [0.717, 1.165) is 0 Å². The number of benzene rings is 2. The van der Waals surface area contributed by atoms with Gasteiger partial charge in [-0.15, -0.1) is 0 Å². The largest absolute Gasteiger partial charge is 0.492 e. The lowest BCUT2D eigenvalue weighted by molar-refractivity contribution is -0.119. The molecule has 0 aliphatic heterocycles. The zero-order chi connectivity index (χ0) is 19.2. The van der Waals surface area contributed by atoms with Crippen LogP contribution in [0.25, 0.3) is 11.0 Å². The van der Waals surface area contributed by atoms with Gasteiger partial charge in [0, 0.05) is 12.5 Å². The molecule has 27 heavy (non-hydrogen) atoms. The third kappa shape index (κ3) is 4.09. The molecule has 1 heterocycles. The summed E-state index contributed by atoms with van der Waals surface area (Å²) in [7, 11) is 1.42. The molecular weight excluding hydrogens is 348 g/mol. The number of fused-ring (bicyclic) bond motifs is 1. The maximum absolute atomic E-state index is 12.9. The van der Waals surface area contributed by atoms with Crippen LogP contribution in [0.5, 0.6) is 5.75 Å². The molecule has 0 atom stereocenters. The van der Waals surface area contributed by atoms with Gasteiger partial charge in [-0.05, 0) is 31.2 Å². The van der Waals surface area contributed by atoms with Gasteiger partial charge < -0.3 is 24.5 Å². The van der Waals surface area contributed by atoms with Gasteiger partial charge in [0.05, 0.1) is 12.3 Å². The van der Waals surface area contributed by atoms with E-state index < -0.39 is 5.91 Å². The Morgan fingerprint density at radius 3 is 2.56 bits per heavy atom. The molecule has 3 rings (SSSR count). The third-order valence-electron chi connectivity index (χ3n) is 3.78. The molecule has 0 fully saturated rings. The van der Waals surface area contributed by atoms with Crippen molar-refractivity contribution in [3.63, 3.8) is 0 Å². The summed E-state index contributed by atoms with van der Waals surface area (Å²) < 4.78 is 16.1. The number of methoxy groups -OCH3 is 1. The molecule has 0 aliphatic rings. The fourth-order valence-electron chi connectivity index (χ4n) is 2.67. The van der Waals surface area contributed by atoms with Crippen molar-refractivity contribution in [1.29, 1.82) is 0 Å². The maximum Gasteiger partial charge on any atom is 0.293 e. The summed E-state index contributed by atoms with van der Waals surface area (Å²) in [6, 6.07) is 14.2. The van der Waals surface area contributed by atoms with Crippen LogP contribution >= 0.6 is 0 Å². The Hall–Kier alpha value is -3.32. The lowest BCUT2D eigenvalue weighted by Crippen LogP contribution is -2.20. The summed E-state index contributed by atoms with van der Waals surface area (Å²) in [5.74, 6) is -0.319. The SMILES string of the molecule is CCOc1ccccc1NC(=O)c1oc2ccccc2c1NC(=O)COC. The Kier molecular flexibility index (Phi) is 5.73. The lowest BCUT2D eigenvalue weighted by atomic mass is 10.2. The van der Waals surface area contributed by atoms with Gasteiger partial charge in [-0.25, -0.2) is 0 Å². The molecule has 0 saturated carbocycles. The molecule has 0 saturated heterocycles. The molecule has 7 heteroatoms. The molecule has 140 valence electrons. The molecule has 1 aromatic heterocycles. The molecular formula is C20H20N2O5. The zero-order valence-electron chi connectivity index (χ0n) is 15.1. The Morgan fingerprint density at radius 1 is 1.04 bits per heavy atom. The summed E-state index contributed by atoms with van der Waals surface area (Å²) in [6.07, 6.45) is 0. The third-order valence-corrected chi connectivity index (χ3v) is 3.78. The molecule has 0 spiro atoms. The van der Waals surface area contributed by atoms with E-state index in [4.69, 9.17) is 13.9 Å². The van der Waals surface area contributed by atoms with Crippen LogP contribution in [0.4, 0.5) is 11.4 Å². The maximum atomic E-state index is 12.9. The lowest BCUT2D eigenvalue weighted by Gasteiger charge is -2.11. The Labute approximate surface area is 156 Å². The van der Waals surface area contributed by atoms with E-state index in [-0.39, 0.29) is 18.3 Å². The minimum atomic E-state index is -0.494. The average Bonchev–Trinajstić information content (AvgIpc) is 3.02. The number of amides is 2. The number of anilines is 2. The predicted molar refractivity (Wildman–Crippen MR) is 102 cm³/mol. The Balaban J connectivity index is 1.95. The van der Waals surface area contributed by atoms with E-state index in [1.165, 1.54) is 7.11 Å². The molecule has 2 N–H and O–H groups in total. The van der Waals surface area contributed by atoms with Crippen molar-refractivity contribution in [2.45, 2.75) is 6.92 Å². The van der Waals surface area contributed by atoms with Crippen molar-refractivity contribution >= 4 is 34.2 Å². The van der Waals surface area contributed by atoms with Gasteiger partial charge >= 0.3 is 0 Å². The highest BCUT2D eigenvalue weighted by Crippen LogP contribution is 2.32. The summed E-state index contributed by atoms with van der Waals surface area (Å²) >= 11 is 0. The van der Waals surface area contributed by atoms with Crippen LogP contribution in [0, 0.1) is 0 Å². The van der Waals surface area contributed by atoms with Gasteiger partial charge in [0.2, 0.25) is 11.7 Å². The number of para-hydroxylation sites is 3. The molecule has 3 aromatic rings. The molecule has 0 aliphatic carbocycles. The number of carbonyl (C=O) groups excluding carboxylic acids is 2. The van der Waals surface area contributed by atoms with Crippen LogP contribution in [0.1, 0.15) is 17.5 Å². The van der Waals surface area contributed by atoms with Crippen LogP contribution in [0.3, 0.4) is 0 Å². The van der Waals surface area contributed by atoms with E-state index in [1.54, 1.807) is 42.5 Å². The number of ether oxygens (including phenoxy) is 2. The zero-order valence-corrected chi connectivity index (χ0v) is 15.1. The first-order valence-corrected chi connectivity index (χ1v) is 8.47. The van der Waals surface area contributed by atoms with Gasteiger partial charge in [-0.1, -0.05) is 24.3 Å². The van der Waals surface area contributed by atoms with Crippen molar-refractivity contribution in [3.8, 4) is 5.75 Å². The van der Waals surface area contributed by atoms with Crippen LogP contribution in [0.2, 0.25) is 0 Å². The van der Waals surface area contributed by atoms with Crippen LogP contribution in [0.15, 0.2) is 52.9 Å². The first kappa shape index (κ1) is 18.5. The number of hydrogen-bond donors (Lipinski definition) is 2. The summed E-state index contributed by atoms with van der Waals surface area (Å²) in [6.45, 7) is 2.20. The molecule has 2 amide bonds. The van der Waals surface area contributed by atoms with Gasteiger partial charge in [-0.3, -0.25) is 9.59 Å². The van der Waals surface area contributed by atoms with E-state index in [9.17, 15) is 9.59 Å². The minimum Gasteiger partial charge on any atom is -0.492 e. The molecule has 0 unspecified atom stereocenters. The van der Waals surface area contributed by atoms with Gasteiger partial charge in [0.15, 0.2) is 0 Å². The smallest absolute Gasteiger partial charge is 0.293 e. The topological polar surface area (TPSA) is 89.8 Å². The number of rotatable bonds is 7. The Bertz CT molecular complexity index is 964. The van der Waals surface area contributed by atoms with Crippen LogP contribution < -0.4 is 15.4 Å². The predicted octanol–water partition coefficient (Wildman–Crippen LogP) is 3.67. The Morgan fingerprint density at radius 2 is 1.78 bits per heavy atom. The fraction of sp³-hybridized carbons (Fsp3) is 0.200. The fourth-order valence-corrected chi connectivity index (χ4v) is 2.67. The summed E-state index contributed by atoms with van der Waals surface area (Å²) in [4.78, 5) is 24.9. The molecule has 0 bridgehead atoms. The van der Waals surface area contributed by atoms with E-state index >= 15 is 0 Å². The first-order chi connectivity index (χ1) is 13.1. The van der Waals surface area contributed by atoms with Gasteiger partial charge in [0.25, 0.3) is 5.91 Å². The second-order valence-electron chi connectivity index (χ2n) is 5.67. The average molecular weight is 368 g/mol. The van der Waals surface area contributed by atoms with Crippen molar-refractivity contribution in [2.24, 2.45) is 0 Å². The highest BCUT2D eigenvalue weighted by atomic mass is 16.5. The summed E-state index contributed by atoms with van der Waals surface area (Å²) in [5, 5.41) is 6.10. The molecule has 0 radical (unpaired) electrons. The first-order valence-electron chi connectivity index (χ1n) is 8.47. The number of hydrogen-bond acceptors (Lipinski definition) is 5. The number of carbonyl (C=O) groups is 2. The van der Waals surface area contributed by atoms with Crippen molar-refractivity contribution in [1.82, 2.24) is 0 Å². The highest BCUT2D eigenvalue weighted by molar-refractivity contribution is 6.14. The number of furan rings is 1. The van der Waals surface area contributed by atoms with E-state index in [2.05, 4.69) is 10.6 Å². The molecule has 2 aromatic carbocycles. The van der Waals surface area contributed by atoms with Crippen molar-refractivity contribution in [3.05, 3.63) is 54.3 Å². The number of nitrogens with one attached hydrogen (secondary N) is 2. The molecule has 7 nitrogen and oxygen atoms in total. The van der Waals surface area contributed by atoms with Crippen LogP contribution in [-0.4, -0.2) is 32.1 Å². The van der Waals surface area contributed by atoms with Crippen molar-refractivity contribution < 1.29 is 23.5 Å². The van der Waals surface area contributed by atoms with Gasteiger partial charge in [-0.2, -0.15) is 0 Å². The standard InChI is InChI=1S/C20H20N2O5/c1-3-26-16-11-7-5-9-14(16)21-20(24)19-18(22-17(23)12-25-2)13-8-4-6-10-15(13)27-19/h4-11H,3,12H2,1-2H3,(H,21,24)(H,22,23). The highest BCUT2D eigenvalue weighted by Gasteiger charge is 2.23. The van der Waals surface area contributed by atoms with Crippen molar-refractivity contribution in [2.75, 3.05) is 31.0 Å². The van der Waals surface area contributed by atoms with Crippen LogP contribution in [-0.2, 0) is 9.53 Å². The van der Waals surface area contributed by atoms with Gasteiger partial charge in [0.1, 0.15) is 23.6 Å². The quantitative estimate of drug-likeness (QED) is 0.664. The van der Waals surface area contributed by atoms with E-state index in [0.29, 0.717) is 34.7 Å². The summed E-state index contributed by atoms with van der Waals surface area (Å²) in [5.41, 5.74) is 1.31.